The number of carbonyl (C=O) groups is 4. The number of carbonyl (C=O) groups excluding carboxylic acids is 4. The van der Waals surface area contributed by atoms with E-state index in [-0.39, 0.29) is 6.54 Å². The third-order valence-corrected chi connectivity index (χ3v) is 5.68. The molecule has 0 spiro atoms. The van der Waals surface area contributed by atoms with Crippen LogP contribution in [0.3, 0.4) is 0 Å². The van der Waals surface area contributed by atoms with Crippen LogP contribution in [0.1, 0.15) is 29.3 Å². The highest BCUT2D eigenvalue weighted by atomic mass is 16.2. The molecule has 8 nitrogen and oxygen atoms in total. The molecule has 1 unspecified atom stereocenters. The van der Waals surface area contributed by atoms with Gasteiger partial charge in [-0.2, -0.15) is 5.01 Å². The van der Waals surface area contributed by atoms with Crippen molar-refractivity contribution in [3.05, 3.63) is 83.9 Å². The normalized spacial score (nSPS) is 17.7. The average Bonchev–Trinajstić information content (AvgIpc) is 3.04. The van der Waals surface area contributed by atoms with Gasteiger partial charge in [-0.05, 0) is 48.2 Å². The van der Waals surface area contributed by atoms with Crippen molar-refractivity contribution in [3.8, 4) is 0 Å². The molecular weight excluding hydrogens is 420 g/mol. The fraction of sp³-hybridized carbons (Fsp3) is 0.200. The zero-order chi connectivity index (χ0) is 23.4. The minimum atomic E-state index is -1.13. The molecule has 1 fully saturated rings. The molecule has 5 amide bonds. The Morgan fingerprint density at radius 1 is 0.939 bits per heavy atom. The lowest BCUT2D eigenvalue weighted by atomic mass is 9.93. The molecule has 1 aliphatic rings. The van der Waals surface area contributed by atoms with Crippen LogP contribution >= 0.6 is 0 Å². The van der Waals surface area contributed by atoms with E-state index in [0.717, 1.165) is 16.3 Å². The molecule has 1 saturated heterocycles. The molecule has 33 heavy (non-hydrogen) atoms. The number of rotatable bonds is 7. The topological polar surface area (TPSA) is 108 Å². The molecule has 3 N–H and O–H groups in total. The van der Waals surface area contributed by atoms with E-state index in [1.165, 1.54) is 0 Å². The largest absolute Gasteiger partial charge is 0.344 e. The third-order valence-electron chi connectivity index (χ3n) is 5.68. The van der Waals surface area contributed by atoms with Crippen LogP contribution in [-0.4, -0.2) is 40.8 Å². The van der Waals surface area contributed by atoms with Crippen molar-refractivity contribution in [1.29, 1.82) is 0 Å². The predicted octanol–water partition coefficient (Wildman–Crippen LogP) is 2.54. The Balaban J connectivity index is 1.32. The molecule has 0 aliphatic carbocycles. The highest BCUT2D eigenvalue weighted by molar-refractivity contribution is 6.08. The number of hydrogen-bond donors (Lipinski definition) is 3. The van der Waals surface area contributed by atoms with Gasteiger partial charge in [0.05, 0.1) is 6.54 Å². The van der Waals surface area contributed by atoms with Crippen molar-refractivity contribution in [2.45, 2.75) is 25.3 Å². The van der Waals surface area contributed by atoms with Crippen LogP contribution in [0.5, 0.6) is 0 Å². The smallest absolute Gasteiger partial charge is 0.343 e. The van der Waals surface area contributed by atoms with E-state index in [9.17, 15) is 19.2 Å². The van der Waals surface area contributed by atoms with E-state index in [1.54, 1.807) is 19.1 Å². The van der Waals surface area contributed by atoms with Crippen molar-refractivity contribution >= 4 is 34.5 Å². The minimum absolute atomic E-state index is 0.382. The zero-order valence-electron chi connectivity index (χ0n) is 18.1. The lowest BCUT2D eigenvalue weighted by Gasteiger charge is -2.21. The van der Waals surface area contributed by atoms with E-state index < -0.39 is 29.3 Å². The first-order chi connectivity index (χ1) is 15.9. The maximum atomic E-state index is 12.8. The lowest BCUT2D eigenvalue weighted by Crippen LogP contribution is -2.51. The van der Waals surface area contributed by atoms with Crippen LogP contribution in [0.4, 0.5) is 4.79 Å². The highest BCUT2D eigenvalue weighted by Crippen LogP contribution is 2.22. The van der Waals surface area contributed by atoms with Crippen molar-refractivity contribution in [3.63, 3.8) is 0 Å². The van der Waals surface area contributed by atoms with Gasteiger partial charge in [-0.1, -0.05) is 60.7 Å². The summed E-state index contributed by atoms with van der Waals surface area (Å²) in [6.07, 6.45) is 0.972. The van der Waals surface area contributed by atoms with Crippen LogP contribution in [0, 0.1) is 0 Å². The summed E-state index contributed by atoms with van der Waals surface area (Å²) in [5, 5.41) is 7.75. The van der Waals surface area contributed by atoms with Crippen molar-refractivity contribution in [2.75, 3.05) is 6.54 Å². The molecule has 0 radical (unpaired) electrons. The Labute approximate surface area is 190 Å². The number of hydrazine groups is 1. The quantitative estimate of drug-likeness (QED) is 0.487. The van der Waals surface area contributed by atoms with Gasteiger partial charge in [0.15, 0.2) is 0 Å². The summed E-state index contributed by atoms with van der Waals surface area (Å²) in [5.41, 5.74) is 2.60. The van der Waals surface area contributed by atoms with Crippen molar-refractivity contribution in [1.82, 2.24) is 21.1 Å². The van der Waals surface area contributed by atoms with Crippen LogP contribution < -0.4 is 16.1 Å². The van der Waals surface area contributed by atoms with Gasteiger partial charge < -0.3 is 10.6 Å². The summed E-state index contributed by atoms with van der Waals surface area (Å²) in [5.74, 6) is -1.65. The number of aryl methyl sites for hydroxylation is 1. The first kappa shape index (κ1) is 22.0. The second kappa shape index (κ2) is 9.12. The second-order valence-electron chi connectivity index (χ2n) is 8.17. The van der Waals surface area contributed by atoms with Crippen LogP contribution in [0.25, 0.3) is 10.8 Å². The Bertz CT molecular complexity index is 1230. The number of nitrogens with zero attached hydrogens (tertiary/aromatic N) is 1. The number of urea groups is 1. The van der Waals surface area contributed by atoms with Gasteiger partial charge in [0, 0.05) is 5.56 Å². The molecule has 3 aromatic carbocycles. The van der Waals surface area contributed by atoms with E-state index in [2.05, 4.69) is 16.1 Å². The van der Waals surface area contributed by atoms with Gasteiger partial charge in [0.25, 0.3) is 17.7 Å². The summed E-state index contributed by atoms with van der Waals surface area (Å²) >= 11 is 0. The average molecular weight is 444 g/mol. The maximum Gasteiger partial charge on any atom is 0.344 e. The first-order valence-corrected chi connectivity index (χ1v) is 10.6. The van der Waals surface area contributed by atoms with Gasteiger partial charge in [-0.25, -0.2) is 4.79 Å². The van der Waals surface area contributed by atoms with Gasteiger partial charge in [-0.3, -0.25) is 19.8 Å². The van der Waals surface area contributed by atoms with Crippen LogP contribution in [0.2, 0.25) is 0 Å². The maximum absolute atomic E-state index is 12.8. The standard InChI is InChI=1S/C25H24N4O4/c1-25(14-13-17-7-3-2-4-8-17)23(32)29(24(33)27-25)28-21(30)16-26-22(31)20-12-11-18-9-5-6-10-19(18)15-20/h2-12,15H,13-14,16H2,1H3,(H,26,31)(H,27,33)(H,28,30). The summed E-state index contributed by atoms with van der Waals surface area (Å²) in [6.45, 7) is 1.24. The van der Waals surface area contributed by atoms with E-state index in [1.807, 2.05) is 60.7 Å². The number of benzene rings is 3. The lowest BCUT2D eigenvalue weighted by molar-refractivity contribution is -0.138. The van der Waals surface area contributed by atoms with Crippen LogP contribution in [0.15, 0.2) is 72.8 Å². The molecule has 0 saturated carbocycles. The fourth-order valence-electron chi connectivity index (χ4n) is 3.75. The highest BCUT2D eigenvalue weighted by Gasteiger charge is 2.48. The van der Waals surface area contributed by atoms with Gasteiger partial charge in [0.2, 0.25) is 0 Å². The molecule has 4 rings (SSSR count). The summed E-state index contributed by atoms with van der Waals surface area (Å²) < 4.78 is 0. The SMILES string of the molecule is CC1(CCc2ccccc2)NC(=O)N(NC(=O)CNC(=O)c2ccc3ccccc3c2)C1=O. The molecule has 1 aliphatic heterocycles. The molecule has 168 valence electrons. The molecule has 8 heteroatoms. The van der Waals surface area contributed by atoms with E-state index in [4.69, 9.17) is 0 Å². The van der Waals surface area contributed by atoms with Crippen molar-refractivity contribution in [2.24, 2.45) is 0 Å². The van der Waals surface area contributed by atoms with Crippen LogP contribution in [-0.2, 0) is 16.0 Å². The third kappa shape index (κ3) is 4.85. The number of amides is 5. The van der Waals surface area contributed by atoms with E-state index in [0.29, 0.717) is 23.4 Å². The minimum Gasteiger partial charge on any atom is -0.343 e. The monoisotopic (exact) mass is 444 g/mol. The predicted molar refractivity (Wildman–Crippen MR) is 123 cm³/mol. The molecule has 0 aromatic heterocycles. The first-order valence-electron chi connectivity index (χ1n) is 10.6. The van der Waals surface area contributed by atoms with Gasteiger partial charge in [-0.15, -0.1) is 0 Å². The summed E-state index contributed by atoms with van der Waals surface area (Å²) in [6, 6.07) is 21.8. The fourth-order valence-corrected chi connectivity index (χ4v) is 3.75. The number of hydrogen-bond acceptors (Lipinski definition) is 4. The van der Waals surface area contributed by atoms with Gasteiger partial charge in [0.1, 0.15) is 5.54 Å². The molecule has 0 bridgehead atoms. The Hall–Kier alpha value is -4.20. The number of fused-ring (bicyclic) bond motifs is 1. The zero-order valence-corrected chi connectivity index (χ0v) is 18.1. The molecule has 1 atom stereocenters. The van der Waals surface area contributed by atoms with Crippen molar-refractivity contribution < 1.29 is 19.2 Å². The molecule has 3 aromatic rings. The number of nitrogens with one attached hydrogen (secondary N) is 3. The number of imide groups is 1. The van der Waals surface area contributed by atoms with Gasteiger partial charge >= 0.3 is 6.03 Å². The summed E-state index contributed by atoms with van der Waals surface area (Å²) in [4.78, 5) is 49.9. The second-order valence-corrected chi connectivity index (χ2v) is 8.17. The Kier molecular flexibility index (Phi) is 6.08. The molecular formula is C25H24N4O4. The Morgan fingerprint density at radius 3 is 2.39 bits per heavy atom. The summed E-state index contributed by atoms with van der Waals surface area (Å²) in [7, 11) is 0. The molecule has 1 heterocycles. The Morgan fingerprint density at radius 2 is 1.64 bits per heavy atom. The van der Waals surface area contributed by atoms with E-state index >= 15 is 0 Å².